The maximum absolute atomic E-state index is 8.65. The van der Waals surface area contributed by atoms with Gasteiger partial charge in [0.2, 0.25) is 0 Å². The minimum atomic E-state index is -0.0675. The van der Waals surface area contributed by atoms with Crippen molar-refractivity contribution < 1.29 is 0 Å². The molecule has 1 unspecified atom stereocenters. The number of hydrogen-bond donors (Lipinski definition) is 0. The maximum Gasteiger partial charge on any atom is 0.0699 e. The lowest BCUT2D eigenvalue weighted by molar-refractivity contribution is 0.957. The van der Waals surface area contributed by atoms with Gasteiger partial charge in [0.1, 0.15) is 0 Å². The lowest BCUT2D eigenvalue weighted by Gasteiger charge is -2.05. The molecule has 1 aromatic rings. The van der Waals surface area contributed by atoms with Crippen LogP contribution in [-0.4, -0.2) is 4.98 Å². The molecule has 0 saturated heterocycles. The number of aryl methyl sites for hydroxylation is 2. The summed E-state index contributed by atoms with van der Waals surface area (Å²) in [5.41, 5.74) is 4.11. The third kappa shape index (κ3) is 4.56. The predicted octanol–water partition coefficient (Wildman–Crippen LogP) is 4.24. The van der Waals surface area contributed by atoms with Gasteiger partial charge in [-0.05, 0) is 37.5 Å². The molecule has 2 heteroatoms. The summed E-state index contributed by atoms with van der Waals surface area (Å²) in [5.74, 6) is -0.0675. The molecule has 1 heterocycles. The van der Waals surface area contributed by atoms with E-state index in [0.717, 1.165) is 23.4 Å². The van der Waals surface area contributed by atoms with Crippen molar-refractivity contribution in [3.63, 3.8) is 0 Å². The molecule has 1 rings (SSSR count). The quantitative estimate of drug-likeness (QED) is 0.735. The van der Waals surface area contributed by atoms with Gasteiger partial charge in [0, 0.05) is 5.69 Å². The van der Waals surface area contributed by atoms with E-state index in [1.54, 1.807) is 0 Å². The van der Waals surface area contributed by atoms with Crippen LogP contribution < -0.4 is 0 Å². The molecule has 1 atom stereocenters. The number of hydrogen-bond acceptors (Lipinski definition) is 2. The zero-order valence-corrected chi connectivity index (χ0v) is 11.9. The highest BCUT2D eigenvalue weighted by Gasteiger charge is 2.01. The van der Waals surface area contributed by atoms with E-state index in [9.17, 15) is 0 Å². The molecule has 0 fully saturated rings. The monoisotopic (exact) mass is 252 g/mol. The van der Waals surface area contributed by atoms with Crippen molar-refractivity contribution in [3.8, 4) is 6.07 Å². The Hall–Kier alpha value is -2.14. The van der Waals surface area contributed by atoms with Crippen LogP contribution in [0.3, 0.4) is 0 Å². The van der Waals surface area contributed by atoms with Crippen molar-refractivity contribution in [3.05, 3.63) is 60.0 Å². The molecule has 2 nitrogen and oxygen atoms in total. The highest BCUT2D eigenvalue weighted by atomic mass is 14.7. The van der Waals surface area contributed by atoms with Crippen molar-refractivity contribution in [2.45, 2.75) is 27.2 Å². The van der Waals surface area contributed by atoms with Crippen LogP contribution in [0.4, 0.5) is 0 Å². The molecule has 0 aromatic carbocycles. The van der Waals surface area contributed by atoms with Crippen molar-refractivity contribution in [1.82, 2.24) is 4.98 Å². The van der Waals surface area contributed by atoms with Crippen LogP contribution >= 0.6 is 0 Å². The first kappa shape index (κ1) is 14.9. The zero-order valence-electron chi connectivity index (χ0n) is 11.9. The van der Waals surface area contributed by atoms with Crippen LogP contribution in [-0.2, 0) is 6.42 Å². The van der Waals surface area contributed by atoms with Crippen molar-refractivity contribution in [2.75, 3.05) is 0 Å². The van der Waals surface area contributed by atoms with Gasteiger partial charge in [-0.2, -0.15) is 5.26 Å². The predicted molar refractivity (Wildman–Crippen MR) is 80.4 cm³/mol. The Morgan fingerprint density at radius 1 is 1.47 bits per heavy atom. The fraction of sp³-hybridized carbons (Fsp3) is 0.294. The van der Waals surface area contributed by atoms with Gasteiger partial charge in [0.25, 0.3) is 0 Å². The van der Waals surface area contributed by atoms with Crippen molar-refractivity contribution in [2.24, 2.45) is 5.92 Å². The van der Waals surface area contributed by atoms with Gasteiger partial charge in [0.15, 0.2) is 0 Å². The third-order valence-corrected chi connectivity index (χ3v) is 2.88. The Balaban J connectivity index is 2.76. The Morgan fingerprint density at radius 2 is 2.21 bits per heavy atom. The Bertz CT molecular complexity index is 545. The van der Waals surface area contributed by atoms with E-state index in [1.807, 2.05) is 37.3 Å². The van der Waals surface area contributed by atoms with Crippen LogP contribution in [0, 0.1) is 24.2 Å². The lowest BCUT2D eigenvalue weighted by atomic mass is 10.1. The van der Waals surface area contributed by atoms with E-state index in [1.165, 1.54) is 5.56 Å². The van der Waals surface area contributed by atoms with Gasteiger partial charge in [-0.3, -0.25) is 4.98 Å². The summed E-state index contributed by atoms with van der Waals surface area (Å²) in [7, 11) is 0. The Labute approximate surface area is 115 Å². The summed E-state index contributed by atoms with van der Waals surface area (Å²) in [6, 6.07) is 6.22. The van der Waals surface area contributed by atoms with Crippen LogP contribution in [0.2, 0.25) is 0 Å². The molecular weight excluding hydrogens is 232 g/mol. The number of nitriles is 1. The average molecular weight is 252 g/mol. The molecule has 0 aliphatic heterocycles. The number of nitrogens with zero attached hydrogens (tertiary/aromatic N) is 2. The molecule has 98 valence electrons. The number of pyridine rings is 1. The number of aromatic nitrogens is 1. The van der Waals surface area contributed by atoms with E-state index in [4.69, 9.17) is 5.26 Å². The summed E-state index contributed by atoms with van der Waals surface area (Å²) in [6.45, 7) is 10.0. The molecule has 0 aliphatic carbocycles. The van der Waals surface area contributed by atoms with Crippen LogP contribution in [0.25, 0.3) is 5.57 Å². The van der Waals surface area contributed by atoms with Gasteiger partial charge in [-0.15, -0.1) is 0 Å². The van der Waals surface area contributed by atoms with E-state index in [0.29, 0.717) is 0 Å². The van der Waals surface area contributed by atoms with Crippen LogP contribution in [0.1, 0.15) is 30.8 Å². The lowest BCUT2D eigenvalue weighted by Crippen LogP contribution is -1.95. The fourth-order valence-electron chi connectivity index (χ4n) is 1.64. The molecule has 1 aromatic heterocycles. The third-order valence-electron chi connectivity index (χ3n) is 2.88. The highest BCUT2D eigenvalue weighted by Crippen LogP contribution is 2.15. The van der Waals surface area contributed by atoms with Crippen molar-refractivity contribution in [1.29, 1.82) is 5.26 Å². The fourth-order valence-corrected chi connectivity index (χ4v) is 1.64. The normalized spacial score (nSPS) is 12.7. The largest absolute Gasteiger partial charge is 0.253 e. The highest BCUT2D eigenvalue weighted by molar-refractivity contribution is 5.70. The standard InChI is InChI=1S/C17H20N2/c1-5-16-15(4)10-11-17(19-16)14(3)9-7-6-8-13(2)12-18/h6-11,13H,3,5H2,1-2,4H3/b8-6-,9-7-. The van der Waals surface area contributed by atoms with Crippen LogP contribution in [0.15, 0.2) is 43.0 Å². The summed E-state index contributed by atoms with van der Waals surface area (Å²) in [6.07, 6.45) is 8.45. The first-order valence-corrected chi connectivity index (χ1v) is 6.48. The van der Waals surface area contributed by atoms with E-state index >= 15 is 0 Å². The topological polar surface area (TPSA) is 36.7 Å². The Kier molecular flexibility index (Phi) is 5.75. The van der Waals surface area contributed by atoms with Gasteiger partial charge < -0.3 is 0 Å². The smallest absolute Gasteiger partial charge is 0.0699 e. The van der Waals surface area contributed by atoms with Crippen LogP contribution in [0.5, 0.6) is 0 Å². The van der Waals surface area contributed by atoms with Gasteiger partial charge >= 0.3 is 0 Å². The SMILES string of the molecule is C=C(/C=C\C=C/C(C)C#N)c1ccc(C)c(CC)n1. The Morgan fingerprint density at radius 3 is 2.84 bits per heavy atom. The molecule has 0 spiro atoms. The molecule has 19 heavy (non-hydrogen) atoms. The molecular formula is C17H20N2. The first-order chi connectivity index (χ1) is 9.08. The summed E-state index contributed by atoms with van der Waals surface area (Å²) >= 11 is 0. The van der Waals surface area contributed by atoms with Gasteiger partial charge in [0.05, 0.1) is 17.7 Å². The second-order valence-electron chi connectivity index (χ2n) is 4.50. The summed E-state index contributed by atoms with van der Waals surface area (Å²) in [5, 5.41) is 8.65. The van der Waals surface area contributed by atoms with E-state index < -0.39 is 0 Å². The minimum Gasteiger partial charge on any atom is -0.253 e. The van der Waals surface area contributed by atoms with Gasteiger partial charge in [-0.25, -0.2) is 0 Å². The zero-order chi connectivity index (χ0) is 14.3. The molecule has 0 N–H and O–H groups in total. The molecule has 0 amide bonds. The summed E-state index contributed by atoms with van der Waals surface area (Å²) in [4.78, 5) is 4.59. The first-order valence-electron chi connectivity index (χ1n) is 6.48. The molecule has 0 bridgehead atoms. The molecule has 0 aliphatic rings. The maximum atomic E-state index is 8.65. The number of rotatable bonds is 5. The van der Waals surface area contributed by atoms with E-state index in [-0.39, 0.29) is 5.92 Å². The summed E-state index contributed by atoms with van der Waals surface area (Å²) < 4.78 is 0. The number of allylic oxidation sites excluding steroid dienone is 5. The molecule has 0 radical (unpaired) electrons. The molecule has 0 saturated carbocycles. The second kappa shape index (κ2) is 7.33. The van der Waals surface area contributed by atoms with Gasteiger partial charge in [-0.1, -0.05) is 43.9 Å². The minimum absolute atomic E-state index is 0.0675. The van der Waals surface area contributed by atoms with Crippen molar-refractivity contribution >= 4 is 5.57 Å². The van der Waals surface area contributed by atoms with E-state index in [2.05, 4.69) is 37.5 Å². The average Bonchev–Trinajstić information content (AvgIpc) is 2.43. The second-order valence-corrected chi connectivity index (χ2v) is 4.50.